The van der Waals surface area contributed by atoms with Crippen LogP contribution in [0, 0.1) is 5.92 Å². The predicted molar refractivity (Wildman–Crippen MR) is 114 cm³/mol. The van der Waals surface area contributed by atoms with Crippen molar-refractivity contribution in [2.45, 2.75) is 68.7 Å². The summed E-state index contributed by atoms with van der Waals surface area (Å²) in [6.45, 7) is 21.3. The number of aliphatic hydroxyl groups is 1. The molecule has 0 radical (unpaired) electrons. The number of rotatable bonds is 3. The molecule has 0 heterocycles. The lowest BCUT2D eigenvalue weighted by atomic mass is 10.1. The van der Waals surface area contributed by atoms with Crippen molar-refractivity contribution in [1.82, 2.24) is 0 Å². The van der Waals surface area contributed by atoms with Crippen LogP contribution in [0.25, 0.3) is 0 Å². The van der Waals surface area contributed by atoms with Crippen molar-refractivity contribution in [1.29, 1.82) is 0 Å². The van der Waals surface area contributed by atoms with E-state index in [2.05, 4.69) is 27.4 Å². The Labute approximate surface area is 157 Å². The Morgan fingerprint density at radius 2 is 1.44 bits per heavy atom. The Balaban J connectivity index is -0.0000000805. The van der Waals surface area contributed by atoms with Gasteiger partial charge in [-0.2, -0.15) is 0 Å². The van der Waals surface area contributed by atoms with Crippen molar-refractivity contribution >= 4 is 12.1 Å². The molecule has 0 unspecified atom stereocenters. The maximum absolute atomic E-state index is 10.9. The first kappa shape index (κ1) is 34.6. The second-order valence-electron chi connectivity index (χ2n) is 4.47. The lowest BCUT2D eigenvalue weighted by molar-refractivity contribution is 0.101. The summed E-state index contributed by atoms with van der Waals surface area (Å²) in [6.07, 6.45) is 3.75. The van der Waals surface area contributed by atoms with Crippen molar-refractivity contribution in [3.05, 3.63) is 48.0 Å². The van der Waals surface area contributed by atoms with Crippen LogP contribution in [0.15, 0.2) is 36.9 Å². The van der Waals surface area contributed by atoms with Gasteiger partial charge in [-0.1, -0.05) is 85.2 Å². The molecule has 25 heavy (non-hydrogen) atoms. The van der Waals surface area contributed by atoms with E-state index in [1.54, 1.807) is 30.3 Å². The Hall–Kier alpha value is -1.74. The van der Waals surface area contributed by atoms with E-state index in [1.165, 1.54) is 13.3 Å². The van der Waals surface area contributed by atoms with E-state index < -0.39 is 0 Å². The monoisotopic (exact) mass is 354 g/mol. The minimum absolute atomic E-state index is 0.0762. The standard InChI is InChI=1S/C9H8O2.C5H12.C3H6.2C2H6.CH4O/c1-7(11)9-5-3-2-4-8(9)6-10;1-4-5(2)3;1-3-2;3*1-2/h2-6H,1H3;5H,4H2,1-3H3;3H,1H2,2H3;2*1-2H3;2H,1H3. The molecule has 0 fully saturated rings. The summed E-state index contributed by atoms with van der Waals surface area (Å²) in [5.41, 5.74) is 0.947. The Morgan fingerprint density at radius 3 is 1.64 bits per heavy atom. The van der Waals surface area contributed by atoms with E-state index in [0.29, 0.717) is 17.4 Å². The first-order valence-electron chi connectivity index (χ1n) is 9.01. The second kappa shape index (κ2) is 33.8. The van der Waals surface area contributed by atoms with Crippen molar-refractivity contribution in [2.75, 3.05) is 7.11 Å². The molecule has 0 bridgehead atoms. The summed E-state index contributed by atoms with van der Waals surface area (Å²) in [4.78, 5) is 21.2. The van der Waals surface area contributed by atoms with Crippen LogP contribution < -0.4 is 0 Å². The second-order valence-corrected chi connectivity index (χ2v) is 4.47. The lowest BCUT2D eigenvalue weighted by Crippen LogP contribution is -1.97. The van der Waals surface area contributed by atoms with Crippen LogP contribution in [0.5, 0.6) is 0 Å². The number of aliphatic hydroxyl groups excluding tert-OH is 1. The van der Waals surface area contributed by atoms with Crippen LogP contribution >= 0.6 is 0 Å². The molecule has 3 heteroatoms. The highest BCUT2D eigenvalue weighted by atomic mass is 16.2. The zero-order valence-corrected chi connectivity index (χ0v) is 18.2. The fourth-order valence-corrected chi connectivity index (χ4v) is 0.920. The summed E-state index contributed by atoms with van der Waals surface area (Å²) in [7, 11) is 1.00. The molecule has 1 rings (SSSR count). The van der Waals surface area contributed by atoms with Gasteiger partial charge in [-0.3, -0.25) is 9.59 Å². The van der Waals surface area contributed by atoms with Gasteiger partial charge in [0.2, 0.25) is 0 Å². The normalized spacial score (nSPS) is 7.20. The van der Waals surface area contributed by atoms with Gasteiger partial charge in [-0.15, -0.1) is 6.58 Å². The molecule has 0 aliphatic rings. The molecule has 3 nitrogen and oxygen atoms in total. The summed E-state index contributed by atoms with van der Waals surface area (Å²) in [5, 5.41) is 7.00. The maximum Gasteiger partial charge on any atom is 0.160 e. The van der Waals surface area contributed by atoms with Crippen LogP contribution in [-0.4, -0.2) is 24.3 Å². The Bertz CT molecular complexity index is 383. The lowest BCUT2D eigenvalue weighted by Gasteiger charge is -1.96. The fourth-order valence-electron chi connectivity index (χ4n) is 0.920. The number of ketones is 1. The molecule has 0 amide bonds. The molecule has 1 aromatic carbocycles. The summed E-state index contributed by atoms with van der Waals surface area (Å²) >= 11 is 0. The fraction of sp³-hybridized carbons (Fsp3) is 0.545. The van der Waals surface area contributed by atoms with Crippen molar-refractivity contribution < 1.29 is 14.7 Å². The number of benzene rings is 1. The van der Waals surface area contributed by atoms with Crippen molar-refractivity contribution in [3.8, 4) is 0 Å². The quantitative estimate of drug-likeness (QED) is 0.377. The third-order valence-electron chi connectivity index (χ3n) is 2.28. The number of aldehydes is 1. The largest absolute Gasteiger partial charge is 0.400 e. The van der Waals surface area contributed by atoms with Gasteiger partial charge in [-0.05, 0) is 19.8 Å². The molecule has 0 saturated heterocycles. The van der Waals surface area contributed by atoms with Crippen LogP contribution in [-0.2, 0) is 0 Å². The third kappa shape index (κ3) is 30.7. The molecular weight excluding hydrogens is 312 g/mol. The number of hydrogen-bond donors (Lipinski definition) is 1. The average Bonchev–Trinajstić information content (AvgIpc) is 2.67. The minimum Gasteiger partial charge on any atom is -0.400 e. The topological polar surface area (TPSA) is 54.4 Å². The van der Waals surface area contributed by atoms with Crippen LogP contribution in [0.4, 0.5) is 0 Å². The molecule has 0 atom stereocenters. The summed E-state index contributed by atoms with van der Waals surface area (Å²) in [5.74, 6) is 0.808. The van der Waals surface area contributed by atoms with E-state index in [4.69, 9.17) is 5.11 Å². The zero-order chi connectivity index (χ0) is 21.3. The predicted octanol–water partition coefficient (Wildman–Crippen LogP) is 6.61. The van der Waals surface area contributed by atoms with Gasteiger partial charge in [0.15, 0.2) is 12.1 Å². The Kier molecular flexibility index (Phi) is 46.7. The smallest absolute Gasteiger partial charge is 0.160 e. The van der Waals surface area contributed by atoms with Gasteiger partial charge in [0.25, 0.3) is 0 Å². The molecular formula is C22H42O3. The third-order valence-corrected chi connectivity index (χ3v) is 2.28. The van der Waals surface area contributed by atoms with Crippen molar-refractivity contribution in [3.63, 3.8) is 0 Å². The van der Waals surface area contributed by atoms with E-state index in [0.717, 1.165) is 13.0 Å². The van der Waals surface area contributed by atoms with Crippen LogP contribution in [0.2, 0.25) is 0 Å². The highest BCUT2D eigenvalue weighted by molar-refractivity contribution is 6.01. The minimum atomic E-state index is -0.0762. The number of carbonyl (C=O) groups excluding carboxylic acids is 2. The molecule has 1 aromatic rings. The maximum atomic E-state index is 10.9. The SMILES string of the molecule is C=CC.CC.CC.CC(=O)c1ccccc1C=O.CCC(C)C.CO. The molecule has 0 spiro atoms. The Morgan fingerprint density at radius 1 is 1.12 bits per heavy atom. The average molecular weight is 355 g/mol. The number of hydrogen-bond acceptors (Lipinski definition) is 3. The molecule has 0 aliphatic heterocycles. The van der Waals surface area contributed by atoms with E-state index in [1.807, 2.05) is 34.6 Å². The van der Waals surface area contributed by atoms with Gasteiger partial charge < -0.3 is 5.11 Å². The molecule has 0 aliphatic carbocycles. The van der Waals surface area contributed by atoms with Gasteiger partial charge >= 0.3 is 0 Å². The molecule has 0 saturated carbocycles. The van der Waals surface area contributed by atoms with E-state index in [9.17, 15) is 9.59 Å². The molecule has 1 N–H and O–H groups in total. The van der Waals surface area contributed by atoms with Crippen LogP contribution in [0.1, 0.15) is 89.5 Å². The van der Waals surface area contributed by atoms with E-state index >= 15 is 0 Å². The molecule has 148 valence electrons. The van der Waals surface area contributed by atoms with Crippen molar-refractivity contribution in [2.24, 2.45) is 5.92 Å². The highest BCUT2D eigenvalue weighted by Crippen LogP contribution is 2.05. The highest BCUT2D eigenvalue weighted by Gasteiger charge is 2.03. The van der Waals surface area contributed by atoms with Gasteiger partial charge in [0.1, 0.15) is 0 Å². The van der Waals surface area contributed by atoms with Gasteiger partial charge in [0, 0.05) is 18.2 Å². The number of Topliss-reactive ketones (excluding diaryl/α,β-unsaturated/α-hetero) is 1. The first-order valence-corrected chi connectivity index (χ1v) is 9.01. The van der Waals surface area contributed by atoms with E-state index in [-0.39, 0.29) is 5.78 Å². The molecule has 0 aromatic heterocycles. The van der Waals surface area contributed by atoms with Gasteiger partial charge in [0.05, 0.1) is 0 Å². The number of allylic oxidation sites excluding steroid dienone is 1. The van der Waals surface area contributed by atoms with Gasteiger partial charge in [-0.25, -0.2) is 0 Å². The zero-order valence-electron chi connectivity index (χ0n) is 18.2. The summed E-state index contributed by atoms with van der Waals surface area (Å²) < 4.78 is 0. The first-order chi connectivity index (χ1) is 11.9. The number of carbonyl (C=O) groups is 2. The van der Waals surface area contributed by atoms with Crippen LogP contribution in [0.3, 0.4) is 0 Å². The summed E-state index contributed by atoms with van der Waals surface area (Å²) in [6, 6.07) is 6.75.